The van der Waals surface area contributed by atoms with Gasteiger partial charge in [0.15, 0.2) is 0 Å². The minimum absolute atomic E-state index is 0.0949. The maximum absolute atomic E-state index is 12.4. The molecule has 104 valence electrons. The summed E-state index contributed by atoms with van der Waals surface area (Å²) >= 11 is 0. The summed E-state index contributed by atoms with van der Waals surface area (Å²) in [6.07, 6.45) is 1.95. The van der Waals surface area contributed by atoms with Crippen LogP contribution in [0.15, 0.2) is 30.3 Å². The average Bonchev–Trinajstić information content (AvgIpc) is 2.81. The van der Waals surface area contributed by atoms with Crippen molar-refractivity contribution in [1.29, 1.82) is 0 Å². The van der Waals surface area contributed by atoms with E-state index in [9.17, 15) is 4.79 Å². The molecular weight excluding hydrogens is 238 g/mol. The number of rotatable bonds is 4. The molecule has 1 saturated heterocycles. The van der Waals surface area contributed by atoms with Crippen LogP contribution in [0, 0.1) is 0 Å². The Morgan fingerprint density at radius 2 is 2.05 bits per heavy atom. The Morgan fingerprint density at radius 1 is 1.37 bits per heavy atom. The van der Waals surface area contributed by atoms with Crippen molar-refractivity contribution in [3.05, 3.63) is 35.9 Å². The zero-order chi connectivity index (χ0) is 13.9. The van der Waals surface area contributed by atoms with Gasteiger partial charge in [-0.2, -0.15) is 0 Å². The van der Waals surface area contributed by atoms with Crippen molar-refractivity contribution in [2.24, 2.45) is 0 Å². The maximum Gasteiger partial charge on any atom is 0.326 e. The molecule has 3 nitrogen and oxygen atoms in total. The lowest BCUT2D eigenvalue weighted by Crippen LogP contribution is -2.51. The van der Waals surface area contributed by atoms with Crippen LogP contribution < -0.4 is 0 Å². The van der Waals surface area contributed by atoms with Gasteiger partial charge in [-0.1, -0.05) is 30.3 Å². The Labute approximate surface area is 115 Å². The summed E-state index contributed by atoms with van der Waals surface area (Å²) in [7, 11) is 0. The highest BCUT2D eigenvalue weighted by Gasteiger charge is 2.45. The molecule has 19 heavy (non-hydrogen) atoms. The van der Waals surface area contributed by atoms with Crippen molar-refractivity contribution < 1.29 is 9.53 Å². The summed E-state index contributed by atoms with van der Waals surface area (Å²) in [5.74, 6) is -0.0949. The number of hydrogen-bond donors (Lipinski definition) is 0. The number of likely N-dealkylation sites (tertiary alicyclic amines) is 1. The molecule has 1 unspecified atom stereocenters. The number of benzene rings is 1. The lowest BCUT2D eigenvalue weighted by Gasteiger charge is -2.35. The summed E-state index contributed by atoms with van der Waals surface area (Å²) in [6.45, 7) is 7.62. The summed E-state index contributed by atoms with van der Waals surface area (Å²) in [5, 5.41) is 0. The summed E-state index contributed by atoms with van der Waals surface area (Å²) < 4.78 is 5.51. The lowest BCUT2D eigenvalue weighted by molar-refractivity contribution is -0.158. The largest absolute Gasteiger partial charge is 0.459 e. The van der Waals surface area contributed by atoms with E-state index in [2.05, 4.69) is 18.7 Å². The molecule has 1 aromatic carbocycles. The second-order valence-electron chi connectivity index (χ2n) is 5.73. The van der Waals surface area contributed by atoms with Gasteiger partial charge >= 0.3 is 5.97 Å². The van der Waals surface area contributed by atoms with E-state index in [1.54, 1.807) is 0 Å². The van der Waals surface area contributed by atoms with Crippen molar-refractivity contribution in [1.82, 2.24) is 4.90 Å². The number of nitrogens with zero attached hydrogens (tertiary/aromatic N) is 1. The van der Waals surface area contributed by atoms with Crippen LogP contribution >= 0.6 is 0 Å². The highest BCUT2D eigenvalue weighted by molar-refractivity contribution is 5.80. The van der Waals surface area contributed by atoms with Crippen molar-refractivity contribution in [3.63, 3.8) is 0 Å². The molecule has 0 bridgehead atoms. The Bertz CT molecular complexity index is 430. The van der Waals surface area contributed by atoms with Crippen LogP contribution in [-0.4, -0.2) is 29.0 Å². The Balaban J connectivity index is 1.99. The predicted octanol–water partition coefficient (Wildman–Crippen LogP) is 2.99. The van der Waals surface area contributed by atoms with Crippen LogP contribution in [0.3, 0.4) is 0 Å². The number of esters is 1. The molecule has 0 radical (unpaired) electrons. The van der Waals surface area contributed by atoms with Gasteiger partial charge in [-0.25, -0.2) is 0 Å². The molecule has 1 fully saturated rings. The SMILES string of the molecule is CC(C)N1CCCC1(C)C(=O)OCc1ccccc1. The number of ether oxygens (including phenoxy) is 1. The molecular formula is C16H23NO2. The van der Waals surface area contributed by atoms with E-state index >= 15 is 0 Å². The topological polar surface area (TPSA) is 29.5 Å². The molecule has 2 rings (SSSR count). The maximum atomic E-state index is 12.4. The molecule has 0 amide bonds. The fourth-order valence-corrected chi connectivity index (χ4v) is 2.91. The third-order valence-corrected chi connectivity index (χ3v) is 3.97. The molecule has 0 N–H and O–H groups in total. The first kappa shape index (κ1) is 14.1. The lowest BCUT2D eigenvalue weighted by atomic mass is 9.98. The smallest absolute Gasteiger partial charge is 0.326 e. The minimum Gasteiger partial charge on any atom is -0.459 e. The molecule has 3 heteroatoms. The average molecular weight is 261 g/mol. The quantitative estimate of drug-likeness (QED) is 0.780. The van der Waals surface area contributed by atoms with E-state index in [4.69, 9.17) is 4.74 Å². The first-order chi connectivity index (χ1) is 9.04. The molecule has 1 aromatic rings. The molecule has 1 atom stereocenters. The zero-order valence-electron chi connectivity index (χ0n) is 12.1. The van der Waals surface area contributed by atoms with Gasteiger partial charge in [0.05, 0.1) is 0 Å². The predicted molar refractivity (Wildman–Crippen MR) is 75.7 cm³/mol. The van der Waals surface area contributed by atoms with Crippen molar-refractivity contribution >= 4 is 5.97 Å². The van der Waals surface area contributed by atoms with Crippen molar-refractivity contribution in [2.75, 3.05) is 6.54 Å². The fourth-order valence-electron chi connectivity index (χ4n) is 2.91. The van der Waals surface area contributed by atoms with Gasteiger partial charge in [-0.15, -0.1) is 0 Å². The van der Waals surface area contributed by atoms with E-state index in [0.717, 1.165) is 24.9 Å². The standard InChI is InChI=1S/C16H23NO2/c1-13(2)17-11-7-10-16(17,3)15(18)19-12-14-8-5-4-6-9-14/h4-6,8-9,13H,7,10-12H2,1-3H3. The van der Waals surface area contributed by atoms with Crippen molar-refractivity contribution in [2.45, 2.75) is 51.8 Å². The van der Waals surface area contributed by atoms with Crippen LogP contribution in [0.5, 0.6) is 0 Å². The zero-order valence-corrected chi connectivity index (χ0v) is 12.1. The van der Waals surface area contributed by atoms with Gasteiger partial charge in [-0.3, -0.25) is 9.69 Å². The van der Waals surface area contributed by atoms with E-state index in [0.29, 0.717) is 12.6 Å². The van der Waals surface area contributed by atoms with Crippen LogP contribution in [0.25, 0.3) is 0 Å². The molecule has 1 aliphatic rings. The van der Waals surface area contributed by atoms with E-state index in [1.165, 1.54) is 0 Å². The Hall–Kier alpha value is -1.35. The van der Waals surface area contributed by atoms with Gasteiger partial charge in [0.2, 0.25) is 0 Å². The third-order valence-electron chi connectivity index (χ3n) is 3.97. The highest BCUT2D eigenvalue weighted by atomic mass is 16.5. The van der Waals surface area contributed by atoms with Gasteiger partial charge in [-0.05, 0) is 45.7 Å². The molecule has 1 aliphatic heterocycles. The van der Waals surface area contributed by atoms with E-state index in [-0.39, 0.29) is 5.97 Å². The fraction of sp³-hybridized carbons (Fsp3) is 0.562. The minimum atomic E-state index is -0.455. The Kier molecular flexibility index (Phi) is 4.25. The molecule has 0 aromatic heterocycles. The third kappa shape index (κ3) is 2.98. The molecule has 1 heterocycles. The second kappa shape index (κ2) is 5.74. The second-order valence-corrected chi connectivity index (χ2v) is 5.73. The number of carbonyl (C=O) groups excluding carboxylic acids is 1. The van der Waals surface area contributed by atoms with Crippen molar-refractivity contribution in [3.8, 4) is 0 Å². The summed E-state index contributed by atoms with van der Waals surface area (Å²) in [5.41, 5.74) is 0.580. The summed E-state index contributed by atoms with van der Waals surface area (Å²) in [6, 6.07) is 10.2. The Morgan fingerprint density at radius 3 is 2.68 bits per heavy atom. The van der Waals surface area contributed by atoms with Crippen LogP contribution in [0.4, 0.5) is 0 Å². The number of carbonyl (C=O) groups is 1. The van der Waals surface area contributed by atoms with E-state index < -0.39 is 5.54 Å². The van der Waals surface area contributed by atoms with Gasteiger partial charge in [0, 0.05) is 6.04 Å². The van der Waals surface area contributed by atoms with Gasteiger partial charge in [0.1, 0.15) is 12.1 Å². The monoisotopic (exact) mass is 261 g/mol. The highest BCUT2D eigenvalue weighted by Crippen LogP contribution is 2.32. The molecule has 0 saturated carbocycles. The van der Waals surface area contributed by atoms with Crippen LogP contribution in [0.2, 0.25) is 0 Å². The summed E-state index contributed by atoms with van der Waals surface area (Å²) in [4.78, 5) is 14.6. The first-order valence-corrected chi connectivity index (χ1v) is 7.02. The van der Waals surface area contributed by atoms with E-state index in [1.807, 2.05) is 37.3 Å². The van der Waals surface area contributed by atoms with Crippen LogP contribution in [-0.2, 0) is 16.1 Å². The normalized spacial score (nSPS) is 23.8. The van der Waals surface area contributed by atoms with Gasteiger partial charge in [0.25, 0.3) is 0 Å². The van der Waals surface area contributed by atoms with Crippen LogP contribution in [0.1, 0.15) is 39.2 Å². The number of hydrogen-bond acceptors (Lipinski definition) is 3. The first-order valence-electron chi connectivity index (χ1n) is 7.02. The molecule has 0 aliphatic carbocycles. The van der Waals surface area contributed by atoms with Gasteiger partial charge < -0.3 is 4.74 Å². The molecule has 0 spiro atoms.